The predicted molar refractivity (Wildman–Crippen MR) is 119 cm³/mol. The molecule has 1 aromatic carbocycles. The van der Waals surface area contributed by atoms with Crippen LogP contribution in [0.3, 0.4) is 0 Å². The SMILES string of the molecule is C=C(CN1CCOCC1)Oc1ccccc1/N=N/c1ccc(NC(=O)[C@H](C)N)nc1N. The van der Waals surface area contributed by atoms with Gasteiger partial charge in [0.25, 0.3) is 0 Å². The third-order valence-electron chi connectivity index (χ3n) is 4.46. The molecule has 1 saturated heterocycles. The van der Waals surface area contributed by atoms with Crippen molar-refractivity contribution in [2.24, 2.45) is 16.0 Å². The average Bonchev–Trinajstić information content (AvgIpc) is 2.74. The molecular weight excluding hydrogens is 398 g/mol. The molecule has 10 nitrogen and oxygen atoms in total. The Labute approximate surface area is 180 Å². The van der Waals surface area contributed by atoms with Crippen LogP contribution in [0.5, 0.6) is 5.75 Å². The fourth-order valence-corrected chi connectivity index (χ4v) is 2.79. The summed E-state index contributed by atoms with van der Waals surface area (Å²) in [6.45, 7) is 9.31. The largest absolute Gasteiger partial charge is 0.459 e. The number of amides is 1. The Balaban J connectivity index is 1.67. The van der Waals surface area contributed by atoms with Crippen LogP contribution < -0.4 is 21.5 Å². The van der Waals surface area contributed by atoms with Crippen LogP contribution in [-0.2, 0) is 9.53 Å². The van der Waals surface area contributed by atoms with E-state index in [-0.39, 0.29) is 11.7 Å². The van der Waals surface area contributed by atoms with E-state index in [9.17, 15) is 4.79 Å². The number of morpholine rings is 1. The number of nitrogens with zero attached hydrogens (tertiary/aromatic N) is 4. The first-order chi connectivity index (χ1) is 14.9. The Bertz CT molecular complexity index is 956. The van der Waals surface area contributed by atoms with Crippen molar-refractivity contribution in [2.45, 2.75) is 13.0 Å². The minimum atomic E-state index is -0.656. The Hall–Kier alpha value is -3.34. The highest BCUT2D eigenvalue weighted by atomic mass is 16.5. The molecule has 2 heterocycles. The molecule has 1 aliphatic heterocycles. The first-order valence-electron chi connectivity index (χ1n) is 9.92. The summed E-state index contributed by atoms with van der Waals surface area (Å²) in [5, 5.41) is 11.0. The molecule has 1 amide bonds. The maximum absolute atomic E-state index is 11.7. The van der Waals surface area contributed by atoms with E-state index >= 15 is 0 Å². The highest BCUT2D eigenvalue weighted by Crippen LogP contribution is 2.31. The molecule has 1 atom stereocenters. The molecule has 1 aromatic heterocycles. The molecule has 1 aliphatic rings. The minimum Gasteiger partial charge on any atom is -0.459 e. The van der Waals surface area contributed by atoms with E-state index in [1.807, 2.05) is 12.1 Å². The van der Waals surface area contributed by atoms with Crippen LogP contribution in [0.4, 0.5) is 23.0 Å². The number of benzene rings is 1. The first-order valence-corrected chi connectivity index (χ1v) is 9.92. The quantitative estimate of drug-likeness (QED) is 0.436. The molecule has 0 radical (unpaired) electrons. The zero-order chi connectivity index (χ0) is 22.2. The number of nitrogens with two attached hydrogens (primary N) is 2. The summed E-state index contributed by atoms with van der Waals surface area (Å²) in [5.74, 6) is 1.21. The van der Waals surface area contributed by atoms with Gasteiger partial charge in [-0.3, -0.25) is 9.69 Å². The number of azo groups is 1. The van der Waals surface area contributed by atoms with Crippen LogP contribution in [0.2, 0.25) is 0 Å². The second-order valence-corrected chi connectivity index (χ2v) is 7.08. The van der Waals surface area contributed by atoms with Crippen molar-refractivity contribution in [1.29, 1.82) is 0 Å². The van der Waals surface area contributed by atoms with Crippen LogP contribution in [0.15, 0.2) is 59.0 Å². The number of carbonyl (C=O) groups excluding carboxylic acids is 1. The molecule has 5 N–H and O–H groups in total. The standard InChI is InChI=1S/C21H27N7O3/c1-14(13-28-9-11-30-12-10-28)31-18-6-4-3-5-16(18)26-27-17-7-8-19(24-20(17)23)25-21(29)15(2)22/h3-8,15H,1,9-13,22H2,2H3,(H3,23,24,25,29)/b27-26+/t15-/m0/s1. The number of para-hydroxylation sites is 1. The predicted octanol–water partition coefficient (Wildman–Crippen LogP) is 2.59. The Morgan fingerprint density at radius 1 is 1.26 bits per heavy atom. The van der Waals surface area contributed by atoms with E-state index in [1.165, 1.54) is 0 Å². The number of carbonyl (C=O) groups is 1. The zero-order valence-electron chi connectivity index (χ0n) is 17.5. The van der Waals surface area contributed by atoms with Gasteiger partial charge < -0.3 is 26.3 Å². The molecule has 3 rings (SSSR count). The van der Waals surface area contributed by atoms with E-state index in [0.717, 1.165) is 13.1 Å². The summed E-state index contributed by atoms with van der Waals surface area (Å²) in [5.41, 5.74) is 12.4. The summed E-state index contributed by atoms with van der Waals surface area (Å²) >= 11 is 0. The van der Waals surface area contributed by atoms with Gasteiger partial charge in [0.15, 0.2) is 11.6 Å². The normalized spacial score (nSPS) is 15.5. The number of nitrogens with one attached hydrogen (secondary N) is 1. The van der Waals surface area contributed by atoms with Gasteiger partial charge in [0.05, 0.1) is 25.8 Å². The van der Waals surface area contributed by atoms with Gasteiger partial charge in [-0.15, -0.1) is 10.2 Å². The fourth-order valence-electron chi connectivity index (χ4n) is 2.79. The summed E-state index contributed by atoms with van der Waals surface area (Å²) in [6, 6.07) is 9.80. The topological polar surface area (TPSA) is 140 Å². The van der Waals surface area contributed by atoms with E-state index in [0.29, 0.717) is 48.5 Å². The molecule has 0 spiro atoms. The molecule has 0 unspecified atom stereocenters. The van der Waals surface area contributed by atoms with Crippen molar-refractivity contribution in [1.82, 2.24) is 9.88 Å². The molecule has 0 saturated carbocycles. The van der Waals surface area contributed by atoms with Gasteiger partial charge >= 0.3 is 0 Å². The van der Waals surface area contributed by atoms with Crippen molar-refractivity contribution in [3.63, 3.8) is 0 Å². The van der Waals surface area contributed by atoms with Gasteiger partial charge in [-0.25, -0.2) is 4.98 Å². The maximum atomic E-state index is 11.7. The van der Waals surface area contributed by atoms with E-state index < -0.39 is 6.04 Å². The number of pyridine rings is 1. The lowest BCUT2D eigenvalue weighted by Crippen LogP contribution is -2.37. The van der Waals surface area contributed by atoms with Crippen LogP contribution in [0.25, 0.3) is 0 Å². The number of aromatic nitrogens is 1. The van der Waals surface area contributed by atoms with Crippen molar-refractivity contribution < 1.29 is 14.3 Å². The minimum absolute atomic E-state index is 0.126. The summed E-state index contributed by atoms with van der Waals surface area (Å²) in [6.07, 6.45) is 0. The Kier molecular flexibility index (Phi) is 7.65. The van der Waals surface area contributed by atoms with Crippen molar-refractivity contribution in [3.05, 3.63) is 48.7 Å². The second-order valence-electron chi connectivity index (χ2n) is 7.08. The van der Waals surface area contributed by atoms with Gasteiger partial charge in [-0.1, -0.05) is 18.7 Å². The maximum Gasteiger partial charge on any atom is 0.242 e. The number of anilines is 2. The highest BCUT2D eigenvalue weighted by molar-refractivity contribution is 5.93. The molecular formula is C21H27N7O3. The highest BCUT2D eigenvalue weighted by Gasteiger charge is 2.14. The van der Waals surface area contributed by atoms with Gasteiger partial charge in [0.2, 0.25) is 5.91 Å². The van der Waals surface area contributed by atoms with Crippen molar-refractivity contribution in [2.75, 3.05) is 43.9 Å². The third-order valence-corrected chi connectivity index (χ3v) is 4.46. The second kappa shape index (κ2) is 10.6. The van der Waals surface area contributed by atoms with Crippen LogP contribution in [0, 0.1) is 0 Å². The number of hydrogen-bond donors (Lipinski definition) is 3. The van der Waals surface area contributed by atoms with Crippen molar-refractivity contribution >= 4 is 28.9 Å². The number of ether oxygens (including phenoxy) is 2. The number of rotatable bonds is 8. The summed E-state index contributed by atoms with van der Waals surface area (Å²) in [7, 11) is 0. The lowest BCUT2D eigenvalue weighted by Gasteiger charge is -2.27. The molecule has 0 aliphatic carbocycles. The third kappa shape index (κ3) is 6.57. The van der Waals surface area contributed by atoms with Gasteiger partial charge in [0.1, 0.15) is 23.0 Å². The summed E-state index contributed by atoms with van der Waals surface area (Å²) in [4.78, 5) is 18.0. The lowest BCUT2D eigenvalue weighted by atomic mass is 10.3. The van der Waals surface area contributed by atoms with Gasteiger partial charge in [0, 0.05) is 13.1 Å². The fraction of sp³-hybridized carbons (Fsp3) is 0.333. The van der Waals surface area contributed by atoms with Crippen molar-refractivity contribution in [3.8, 4) is 5.75 Å². The zero-order valence-corrected chi connectivity index (χ0v) is 17.5. The van der Waals surface area contributed by atoms with Crippen LogP contribution in [-0.4, -0.2) is 54.7 Å². The smallest absolute Gasteiger partial charge is 0.242 e. The molecule has 31 heavy (non-hydrogen) atoms. The molecule has 1 fully saturated rings. The molecule has 10 heteroatoms. The molecule has 164 valence electrons. The van der Waals surface area contributed by atoms with E-state index in [4.69, 9.17) is 20.9 Å². The molecule has 0 bridgehead atoms. The van der Waals surface area contributed by atoms with Gasteiger partial charge in [-0.2, -0.15) is 0 Å². The number of nitrogen functional groups attached to an aromatic ring is 1. The lowest BCUT2D eigenvalue weighted by molar-refractivity contribution is -0.117. The average molecular weight is 425 g/mol. The van der Waals surface area contributed by atoms with Gasteiger partial charge in [-0.05, 0) is 31.2 Å². The monoisotopic (exact) mass is 425 g/mol. The Morgan fingerprint density at radius 3 is 2.68 bits per heavy atom. The molecule has 2 aromatic rings. The van der Waals surface area contributed by atoms with Crippen LogP contribution >= 0.6 is 0 Å². The Morgan fingerprint density at radius 2 is 1.97 bits per heavy atom. The number of hydrogen-bond acceptors (Lipinski definition) is 9. The van der Waals surface area contributed by atoms with E-state index in [2.05, 4.69) is 32.0 Å². The summed E-state index contributed by atoms with van der Waals surface area (Å²) < 4.78 is 11.3. The van der Waals surface area contributed by atoms with E-state index in [1.54, 1.807) is 31.2 Å². The van der Waals surface area contributed by atoms with Crippen LogP contribution in [0.1, 0.15) is 6.92 Å². The first kappa shape index (κ1) is 22.3.